The molecule has 0 saturated carbocycles. The van der Waals surface area contributed by atoms with Crippen molar-refractivity contribution < 1.29 is 0 Å². The second kappa shape index (κ2) is 11.4. The lowest BCUT2D eigenvalue weighted by Gasteiger charge is -1.97. The monoisotopic (exact) mass is 221 g/mol. The van der Waals surface area contributed by atoms with Crippen LogP contribution in [0, 0.1) is 6.92 Å². The van der Waals surface area contributed by atoms with E-state index in [2.05, 4.69) is 23.2 Å². The maximum atomic E-state index is 4.09. The van der Waals surface area contributed by atoms with Crippen LogP contribution in [-0.4, -0.2) is 15.9 Å². The number of aromatic nitrogens is 2. The molecule has 0 N–H and O–H groups in total. The summed E-state index contributed by atoms with van der Waals surface area (Å²) in [6, 6.07) is 0. The van der Waals surface area contributed by atoms with Crippen molar-refractivity contribution in [3.8, 4) is 0 Å². The number of imidazole rings is 1. The smallest absolute Gasteiger partial charge is 0.153 e. The normalized spacial score (nSPS) is 8.56. The first-order valence-electron chi connectivity index (χ1n) is 5.61. The van der Waals surface area contributed by atoms with E-state index < -0.39 is 0 Å². The van der Waals surface area contributed by atoms with E-state index in [0.717, 1.165) is 11.5 Å². The van der Waals surface area contributed by atoms with E-state index in [4.69, 9.17) is 0 Å². The average Bonchev–Trinajstić information content (AvgIpc) is 2.72. The van der Waals surface area contributed by atoms with Crippen molar-refractivity contribution in [3.63, 3.8) is 0 Å². The highest BCUT2D eigenvalue weighted by atomic mass is 15.4. The fraction of sp³-hybridized carbons (Fsp3) is 0.385. The molecule has 1 heterocycles. The second-order valence-electron chi connectivity index (χ2n) is 2.27. The molecule has 0 aromatic carbocycles. The summed E-state index contributed by atoms with van der Waals surface area (Å²) in [4.78, 5) is 4.08. The Bertz CT molecular complexity index is 322. The Morgan fingerprint density at radius 1 is 1.25 bits per heavy atom. The molecule has 0 aliphatic rings. The Morgan fingerprint density at radius 2 is 1.81 bits per heavy atom. The van der Waals surface area contributed by atoms with Crippen LogP contribution in [0.1, 0.15) is 39.2 Å². The first-order valence-corrected chi connectivity index (χ1v) is 5.61. The minimum absolute atomic E-state index is 0.741. The van der Waals surface area contributed by atoms with Crippen molar-refractivity contribution in [2.75, 3.05) is 0 Å². The lowest BCUT2D eigenvalue weighted by atomic mass is 10.5. The van der Waals surface area contributed by atoms with E-state index in [9.17, 15) is 0 Å². The first-order chi connectivity index (χ1) is 7.79. The van der Waals surface area contributed by atoms with Gasteiger partial charge in [0.1, 0.15) is 0 Å². The van der Waals surface area contributed by atoms with Gasteiger partial charge in [0.05, 0.1) is 11.9 Å². The summed E-state index contributed by atoms with van der Waals surface area (Å²) < 4.78 is 1.70. The highest BCUT2D eigenvalue weighted by Crippen LogP contribution is 2.04. The quantitative estimate of drug-likeness (QED) is 0.712. The number of hydrogen-bond acceptors (Lipinski definition) is 2. The maximum Gasteiger partial charge on any atom is 0.153 e. The minimum atomic E-state index is 0.741. The van der Waals surface area contributed by atoms with Gasteiger partial charge in [0.25, 0.3) is 0 Å². The molecule has 1 aromatic rings. The number of allylic oxidation sites excluding steroid dienone is 1. The Hall–Kier alpha value is -1.64. The zero-order chi connectivity index (χ0) is 13.0. The lowest BCUT2D eigenvalue weighted by Crippen LogP contribution is -1.94. The molecule has 0 unspecified atom stereocenters. The maximum absolute atomic E-state index is 4.09. The fourth-order valence-corrected chi connectivity index (χ4v) is 0.853. The molecule has 3 nitrogen and oxygen atoms in total. The molecule has 0 amide bonds. The minimum Gasteiger partial charge on any atom is -0.235 e. The average molecular weight is 221 g/mol. The van der Waals surface area contributed by atoms with Crippen molar-refractivity contribution in [1.29, 1.82) is 0 Å². The summed E-state index contributed by atoms with van der Waals surface area (Å²) in [7, 11) is 0. The zero-order valence-electron chi connectivity index (χ0n) is 11.1. The molecule has 1 rings (SSSR count). The summed E-state index contributed by atoms with van der Waals surface area (Å²) in [6.07, 6.45) is 6.64. The van der Waals surface area contributed by atoms with E-state index in [-0.39, 0.29) is 0 Å². The van der Waals surface area contributed by atoms with Crippen LogP contribution >= 0.6 is 0 Å². The molecule has 1 aromatic heterocycles. The van der Waals surface area contributed by atoms with Crippen LogP contribution in [0.25, 0.3) is 6.08 Å². The molecule has 0 aliphatic carbocycles. The Labute approximate surface area is 99.2 Å². The van der Waals surface area contributed by atoms with Gasteiger partial charge in [-0.05, 0) is 19.1 Å². The van der Waals surface area contributed by atoms with E-state index in [1.807, 2.05) is 34.6 Å². The third-order valence-corrected chi connectivity index (χ3v) is 1.40. The Morgan fingerprint density at radius 3 is 2.25 bits per heavy atom. The van der Waals surface area contributed by atoms with Gasteiger partial charge in [0.15, 0.2) is 5.82 Å². The van der Waals surface area contributed by atoms with Crippen LogP contribution < -0.4 is 0 Å². The fourth-order valence-electron chi connectivity index (χ4n) is 0.853. The van der Waals surface area contributed by atoms with Gasteiger partial charge in [0, 0.05) is 6.21 Å². The summed E-state index contributed by atoms with van der Waals surface area (Å²) in [6.45, 7) is 17.1. The molecule has 0 fully saturated rings. The molecule has 0 saturated heterocycles. The molecule has 0 atom stereocenters. The standard InChI is InChI=1S/C9H11N3.2C2H6/c1-4-6-11-12-8(3)7-10-9(12)5-2;2*1-2/h4-7H,1-2H2,3H3;2*1-2H3/b11-6-;;. The molecular formula is C13H23N3. The van der Waals surface area contributed by atoms with Crippen molar-refractivity contribution in [2.24, 2.45) is 5.10 Å². The largest absolute Gasteiger partial charge is 0.235 e. The molecule has 0 radical (unpaired) electrons. The van der Waals surface area contributed by atoms with E-state index in [1.165, 1.54) is 0 Å². The van der Waals surface area contributed by atoms with Crippen molar-refractivity contribution in [2.45, 2.75) is 34.6 Å². The molecule has 0 bridgehead atoms. The van der Waals surface area contributed by atoms with Gasteiger partial charge < -0.3 is 0 Å². The SMILES string of the molecule is C=C/C=N\n1c(C)cnc1C=C.CC.CC. The molecule has 3 heteroatoms. The van der Waals surface area contributed by atoms with E-state index >= 15 is 0 Å². The van der Waals surface area contributed by atoms with Crippen molar-refractivity contribution >= 4 is 12.3 Å². The molecule has 16 heavy (non-hydrogen) atoms. The van der Waals surface area contributed by atoms with Gasteiger partial charge in [-0.2, -0.15) is 5.10 Å². The van der Waals surface area contributed by atoms with Gasteiger partial charge in [-0.25, -0.2) is 9.66 Å². The van der Waals surface area contributed by atoms with Gasteiger partial charge >= 0.3 is 0 Å². The molecular weight excluding hydrogens is 198 g/mol. The summed E-state index contributed by atoms with van der Waals surface area (Å²) in [5.74, 6) is 0.741. The van der Waals surface area contributed by atoms with Crippen LogP contribution in [0.3, 0.4) is 0 Å². The van der Waals surface area contributed by atoms with Crippen molar-refractivity contribution in [1.82, 2.24) is 9.66 Å². The van der Waals surface area contributed by atoms with E-state index in [0.29, 0.717) is 0 Å². The summed E-state index contributed by atoms with van der Waals surface area (Å²) in [5.41, 5.74) is 0.975. The summed E-state index contributed by atoms with van der Waals surface area (Å²) in [5, 5.41) is 4.09. The van der Waals surface area contributed by atoms with Gasteiger partial charge in [-0.1, -0.05) is 40.9 Å². The van der Waals surface area contributed by atoms with Gasteiger partial charge in [-0.3, -0.25) is 0 Å². The highest BCUT2D eigenvalue weighted by Gasteiger charge is 1.99. The lowest BCUT2D eigenvalue weighted by molar-refractivity contribution is 0.834. The number of rotatable bonds is 3. The van der Waals surface area contributed by atoms with Gasteiger partial charge in [-0.15, -0.1) is 0 Å². The number of nitrogens with zero attached hydrogens (tertiary/aromatic N) is 3. The van der Waals surface area contributed by atoms with Crippen LogP contribution in [0.15, 0.2) is 30.5 Å². The molecule has 90 valence electrons. The Kier molecular flexibility index (Phi) is 12.0. The third kappa shape index (κ3) is 5.29. The third-order valence-electron chi connectivity index (χ3n) is 1.40. The second-order valence-corrected chi connectivity index (χ2v) is 2.27. The zero-order valence-corrected chi connectivity index (χ0v) is 11.1. The molecule has 0 spiro atoms. The number of hydrogen-bond donors (Lipinski definition) is 0. The summed E-state index contributed by atoms with van der Waals surface area (Å²) >= 11 is 0. The topological polar surface area (TPSA) is 30.2 Å². The first kappa shape index (κ1) is 16.8. The van der Waals surface area contributed by atoms with Crippen LogP contribution in [0.5, 0.6) is 0 Å². The predicted molar refractivity (Wildman–Crippen MR) is 73.8 cm³/mol. The van der Waals surface area contributed by atoms with Crippen LogP contribution in [-0.2, 0) is 0 Å². The van der Waals surface area contributed by atoms with Crippen LogP contribution in [0.2, 0.25) is 0 Å². The molecule has 0 aliphatic heterocycles. The number of aryl methyl sites for hydroxylation is 1. The highest BCUT2D eigenvalue weighted by molar-refractivity contribution is 5.70. The van der Waals surface area contributed by atoms with E-state index in [1.54, 1.807) is 29.2 Å². The van der Waals surface area contributed by atoms with Gasteiger partial charge in [0.2, 0.25) is 0 Å². The van der Waals surface area contributed by atoms with Crippen LogP contribution in [0.4, 0.5) is 0 Å². The van der Waals surface area contributed by atoms with Crippen molar-refractivity contribution in [3.05, 3.63) is 36.9 Å². The Balaban J connectivity index is 0. The predicted octanol–water partition coefficient (Wildman–Crippen LogP) is 3.91.